The average molecular weight is 218 g/mol. The van der Waals surface area contributed by atoms with Gasteiger partial charge >= 0.3 is 0 Å². The van der Waals surface area contributed by atoms with Crippen LogP contribution in [0.25, 0.3) is 0 Å². The van der Waals surface area contributed by atoms with E-state index in [0.29, 0.717) is 5.69 Å². The first kappa shape index (κ1) is 10.4. The van der Waals surface area contributed by atoms with Gasteiger partial charge in [0.15, 0.2) is 5.82 Å². The lowest BCUT2D eigenvalue weighted by Gasteiger charge is -2.06. The van der Waals surface area contributed by atoms with Crippen LogP contribution in [-0.4, -0.2) is 26.3 Å². The second-order valence-corrected chi connectivity index (χ2v) is 3.47. The van der Waals surface area contributed by atoms with Gasteiger partial charge in [-0.05, 0) is 6.07 Å². The number of hydrogen-bond donors (Lipinski definition) is 2. The fraction of sp³-hybridized carbons (Fsp3) is 0.300. The van der Waals surface area contributed by atoms with Gasteiger partial charge in [0.05, 0.1) is 17.6 Å². The number of aryl methyl sites for hydroxylation is 1. The molecule has 3 N–H and O–H groups in total. The first-order valence-electron chi connectivity index (χ1n) is 5.03. The van der Waals surface area contributed by atoms with Crippen molar-refractivity contribution in [2.24, 2.45) is 7.05 Å². The van der Waals surface area contributed by atoms with Gasteiger partial charge in [0.1, 0.15) is 6.33 Å². The molecule has 6 heteroatoms. The summed E-state index contributed by atoms with van der Waals surface area (Å²) in [6.45, 7) is 0.748. The average Bonchev–Trinajstić information content (AvgIpc) is 2.67. The van der Waals surface area contributed by atoms with E-state index in [1.165, 1.54) is 0 Å². The van der Waals surface area contributed by atoms with E-state index >= 15 is 0 Å². The second-order valence-electron chi connectivity index (χ2n) is 3.47. The number of nitrogens with one attached hydrogen (secondary N) is 1. The summed E-state index contributed by atoms with van der Waals surface area (Å²) < 4.78 is 1.69. The molecule has 0 saturated carbocycles. The zero-order chi connectivity index (χ0) is 11.4. The normalized spacial score (nSPS) is 10.3. The molecule has 0 aliphatic heterocycles. The van der Waals surface area contributed by atoms with Crippen molar-refractivity contribution in [1.82, 2.24) is 19.7 Å². The zero-order valence-electron chi connectivity index (χ0n) is 9.09. The summed E-state index contributed by atoms with van der Waals surface area (Å²) in [5.74, 6) is 0.822. The van der Waals surface area contributed by atoms with Crippen LogP contribution in [0.5, 0.6) is 0 Å². The van der Waals surface area contributed by atoms with Gasteiger partial charge in [-0.2, -0.15) is 5.10 Å². The molecule has 0 aliphatic rings. The van der Waals surface area contributed by atoms with Crippen LogP contribution < -0.4 is 11.1 Å². The van der Waals surface area contributed by atoms with Crippen molar-refractivity contribution >= 4 is 11.4 Å². The van der Waals surface area contributed by atoms with Gasteiger partial charge < -0.3 is 11.1 Å². The number of nitrogens with zero attached hydrogens (tertiary/aromatic N) is 4. The summed E-state index contributed by atoms with van der Waals surface area (Å²) in [5, 5.41) is 7.40. The summed E-state index contributed by atoms with van der Waals surface area (Å²) >= 11 is 0. The Hall–Kier alpha value is -2.11. The first-order valence-corrected chi connectivity index (χ1v) is 5.03. The Balaban J connectivity index is 1.87. The molecule has 2 aromatic heterocycles. The third-order valence-electron chi connectivity index (χ3n) is 2.16. The third-order valence-corrected chi connectivity index (χ3v) is 2.16. The Morgan fingerprint density at radius 3 is 3.06 bits per heavy atom. The molecular weight excluding hydrogens is 204 g/mol. The lowest BCUT2D eigenvalue weighted by molar-refractivity contribution is 0.742. The van der Waals surface area contributed by atoms with E-state index in [4.69, 9.17) is 5.73 Å². The van der Waals surface area contributed by atoms with Gasteiger partial charge in [0, 0.05) is 26.2 Å². The summed E-state index contributed by atoms with van der Waals surface area (Å²) in [6.07, 6.45) is 5.79. The van der Waals surface area contributed by atoms with E-state index in [9.17, 15) is 0 Å². The number of aromatic nitrogens is 4. The molecule has 0 bridgehead atoms. The molecule has 84 valence electrons. The molecule has 16 heavy (non-hydrogen) atoms. The van der Waals surface area contributed by atoms with Gasteiger partial charge in [-0.25, -0.2) is 4.98 Å². The maximum atomic E-state index is 5.74. The summed E-state index contributed by atoms with van der Waals surface area (Å²) in [6, 6.07) is 1.85. The minimum absolute atomic E-state index is 0.650. The van der Waals surface area contributed by atoms with E-state index in [1.54, 1.807) is 23.4 Å². The maximum absolute atomic E-state index is 5.74. The largest absolute Gasteiger partial charge is 0.396 e. The fourth-order valence-electron chi connectivity index (χ4n) is 1.38. The van der Waals surface area contributed by atoms with Crippen LogP contribution in [-0.2, 0) is 13.5 Å². The molecule has 2 heterocycles. The van der Waals surface area contributed by atoms with Crippen molar-refractivity contribution < 1.29 is 0 Å². The number of rotatable bonds is 4. The Morgan fingerprint density at radius 2 is 2.38 bits per heavy atom. The molecule has 0 unspecified atom stereocenters. The summed E-state index contributed by atoms with van der Waals surface area (Å²) in [4.78, 5) is 8.06. The predicted octanol–water partition coefficient (Wildman–Crippen LogP) is 0.447. The topological polar surface area (TPSA) is 81.7 Å². The molecule has 0 spiro atoms. The quantitative estimate of drug-likeness (QED) is 0.778. The number of nitrogens with two attached hydrogens (primary N) is 1. The summed E-state index contributed by atoms with van der Waals surface area (Å²) in [5.41, 5.74) is 7.29. The van der Waals surface area contributed by atoms with Crippen LogP contribution in [0.2, 0.25) is 0 Å². The number of pyridine rings is 1. The smallest absolute Gasteiger partial charge is 0.152 e. The van der Waals surface area contributed by atoms with E-state index in [-0.39, 0.29) is 0 Å². The van der Waals surface area contributed by atoms with E-state index in [0.717, 1.165) is 24.5 Å². The minimum atomic E-state index is 0.650. The molecule has 6 nitrogen and oxygen atoms in total. The minimum Gasteiger partial charge on any atom is -0.396 e. The van der Waals surface area contributed by atoms with Gasteiger partial charge in [-0.1, -0.05) is 0 Å². The first-order chi connectivity index (χ1) is 7.75. The molecular formula is C10H14N6. The highest BCUT2D eigenvalue weighted by Gasteiger charge is 2.00. The van der Waals surface area contributed by atoms with Crippen molar-refractivity contribution in [3.63, 3.8) is 0 Å². The molecule has 0 fully saturated rings. The molecule has 2 aromatic rings. The number of hydrogen-bond acceptors (Lipinski definition) is 5. The van der Waals surface area contributed by atoms with Crippen LogP contribution >= 0.6 is 0 Å². The van der Waals surface area contributed by atoms with Crippen LogP contribution in [0.1, 0.15) is 5.82 Å². The molecule has 0 saturated heterocycles. The van der Waals surface area contributed by atoms with Crippen LogP contribution in [0.15, 0.2) is 24.8 Å². The van der Waals surface area contributed by atoms with Crippen molar-refractivity contribution in [2.45, 2.75) is 6.42 Å². The van der Waals surface area contributed by atoms with Crippen molar-refractivity contribution in [2.75, 3.05) is 17.6 Å². The molecule has 0 aliphatic carbocycles. The fourth-order valence-corrected chi connectivity index (χ4v) is 1.38. The third kappa shape index (κ3) is 2.47. The molecule has 0 radical (unpaired) electrons. The molecule has 0 aromatic carbocycles. The SMILES string of the molecule is Cn1cnc(CCNc2ccncc2N)n1. The highest BCUT2D eigenvalue weighted by molar-refractivity contribution is 5.64. The molecule has 0 amide bonds. The zero-order valence-corrected chi connectivity index (χ0v) is 9.09. The highest BCUT2D eigenvalue weighted by atomic mass is 15.3. The Morgan fingerprint density at radius 1 is 1.50 bits per heavy atom. The van der Waals surface area contributed by atoms with E-state index in [1.807, 2.05) is 13.1 Å². The Kier molecular flexibility index (Phi) is 3.00. The summed E-state index contributed by atoms with van der Waals surface area (Å²) in [7, 11) is 1.85. The van der Waals surface area contributed by atoms with Crippen molar-refractivity contribution in [3.8, 4) is 0 Å². The Labute approximate surface area is 93.5 Å². The van der Waals surface area contributed by atoms with Gasteiger partial charge in [-0.3, -0.25) is 9.67 Å². The van der Waals surface area contributed by atoms with Crippen LogP contribution in [0.4, 0.5) is 11.4 Å². The Bertz CT molecular complexity index is 464. The van der Waals surface area contributed by atoms with Gasteiger partial charge in [-0.15, -0.1) is 0 Å². The second kappa shape index (κ2) is 4.61. The van der Waals surface area contributed by atoms with Crippen molar-refractivity contribution in [3.05, 3.63) is 30.6 Å². The van der Waals surface area contributed by atoms with Gasteiger partial charge in [0.25, 0.3) is 0 Å². The molecule has 0 atom stereocenters. The van der Waals surface area contributed by atoms with Crippen LogP contribution in [0, 0.1) is 0 Å². The predicted molar refractivity (Wildman–Crippen MR) is 61.8 cm³/mol. The maximum Gasteiger partial charge on any atom is 0.152 e. The lowest BCUT2D eigenvalue weighted by atomic mass is 10.3. The van der Waals surface area contributed by atoms with Gasteiger partial charge in [0.2, 0.25) is 0 Å². The molecule has 2 rings (SSSR count). The number of nitrogen functional groups attached to an aromatic ring is 1. The van der Waals surface area contributed by atoms with Crippen LogP contribution in [0.3, 0.4) is 0 Å². The standard InChI is InChI=1S/C10H14N6/c1-16-7-14-10(15-16)3-5-13-9-2-4-12-6-8(9)11/h2,4,6-7H,3,5,11H2,1H3,(H,12,13). The lowest BCUT2D eigenvalue weighted by Crippen LogP contribution is -2.08. The van der Waals surface area contributed by atoms with E-state index < -0.39 is 0 Å². The highest BCUT2D eigenvalue weighted by Crippen LogP contribution is 2.14. The number of anilines is 2. The van der Waals surface area contributed by atoms with E-state index in [2.05, 4.69) is 20.4 Å². The van der Waals surface area contributed by atoms with Crippen molar-refractivity contribution in [1.29, 1.82) is 0 Å². The monoisotopic (exact) mass is 218 g/mol.